The molecule has 1 fully saturated rings. The fraction of sp³-hybridized carbons (Fsp3) is 0.320. The second kappa shape index (κ2) is 8.96. The zero-order chi connectivity index (χ0) is 22.7. The molecule has 0 aliphatic heterocycles. The van der Waals surface area contributed by atoms with Gasteiger partial charge >= 0.3 is 5.97 Å². The molecule has 7 heteroatoms. The van der Waals surface area contributed by atoms with E-state index in [0.717, 1.165) is 27.7 Å². The van der Waals surface area contributed by atoms with Crippen LogP contribution < -0.4 is 10.2 Å². The van der Waals surface area contributed by atoms with Crippen LogP contribution in [0.2, 0.25) is 0 Å². The molecule has 1 aliphatic rings. The quantitative estimate of drug-likeness (QED) is 0.318. The van der Waals surface area contributed by atoms with Crippen LogP contribution in [0.1, 0.15) is 30.2 Å². The molecule has 3 aromatic rings. The fourth-order valence-corrected chi connectivity index (χ4v) is 4.24. The van der Waals surface area contributed by atoms with E-state index < -0.39 is 23.2 Å². The number of pyridine rings is 1. The number of benzene rings is 2. The molecule has 1 aliphatic carbocycles. The van der Waals surface area contributed by atoms with Crippen molar-refractivity contribution < 1.29 is 24.3 Å². The SMILES string of the molecule is CCOC(=O)[C@]1(Cc2ccc(OCc3cc(C)nc4ccccc34)cc2)C[C@H]1C(=O)NO. The minimum absolute atomic E-state index is 0.240. The van der Waals surface area contributed by atoms with Gasteiger partial charge in [0.05, 0.1) is 23.5 Å². The Balaban J connectivity index is 1.46. The van der Waals surface area contributed by atoms with Gasteiger partial charge in [0, 0.05) is 16.6 Å². The molecule has 7 nitrogen and oxygen atoms in total. The largest absolute Gasteiger partial charge is 0.489 e. The first-order valence-electron chi connectivity index (χ1n) is 10.6. The van der Waals surface area contributed by atoms with E-state index in [1.807, 2.05) is 61.5 Å². The van der Waals surface area contributed by atoms with Gasteiger partial charge in [-0.15, -0.1) is 0 Å². The summed E-state index contributed by atoms with van der Waals surface area (Å²) in [5.74, 6) is -0.852. The predicted octanol–water partition coefficient (Wildman–Crippen LogP) is 3.74. The van der Waals surface area contributed by atoms with Gasteiger partial charge in [-0.2, -0.15) is 0 Å². The first-order valence-corrected chi connectivity index (χ1v) is 10.6. The highest BCUT2D eigenvalue weighted by Crippen LogP contribution is 2.56. The summed E-state index contributed by atoms with van der Waals surface area (Å²) in [4.78, 5) is 29.0. The highest BCUT2D eigenvalue weighted by molar-refractivity contribution is 5.93. The van der Waals surface area contributed by atoms with Crippen molar-refractivity contribution >= 4 is 22.8 Å². The molecule has 166 valence electrons. The van der Waals surface area contributed by atoms with Gasteiger partial charge in [0.25, 0.3) is 0 Å². The normalized spacial score (nSPS) is 19.4. The molecule has 32 heavy (non-hydrogen) atoms. The van der Waals surface area contributed by atoms with Crippen LogP contribution in [0.4, 0.5) is 0 Å². The molecule has 2 atom stereocenters. The van der Waals surface area contributed by atoms with Crippen LogP contribution in [-0.2, 0) is 27.4 Å². The third-order valence-corrected chi connectivity index (χ3v) is 5.95. The van der Waals surface area contributed by atoms with Crippen LogP contribution in [0, 0.1) is 18.3 Å². The maximum absolute atomic E-state index is 12.5. The minimum atomic E-state index is -0.932. The second-order valence-corrected chi connectivity index (χ2v) is 8.16. The van der Waals surface area contributed by atoms with Crippen LogP contribution in [-0.4, -0.2) is 28.7 Å². The van der Waals surface area contributed by atoms with Crippen molar-refractivity contribution in [1.82, 2.24) is 10.5 Å². The van der Waals surface area contributed by atoms with E-state index >= 15 is 0 Å². The van der Waals surface area contributed by atoms with Gasteiger partial charge in [0.2, 0.25) is 5.91 Å². The Morgan fingerprint density at radius 1 is 1.19 bits per heavy atom. The number of hydrogen-bond acceptors (Lipinski definition) is 6. The molecule has 1 saturated carbocycles. The van der Waals surface area contributed by atoms with Crippen LogP contribution in [0.5, 0.6) is 5.75 Å². The van der Waals surface area contributed by atoms with Crippen molar-refractivity contribution in [2.24, 2.45) is 11.3 Å². The highest BCUT2D eigenvalue weighted by atomic mass is 16.5. The predicted molar refractivity (Wildman–Crippen MR) is 118 cm³/mol. The minimum Gasteiger partial charge on any atom is -0.489 e. The number of nitrogens with one attached hydrogen (secondary N) is 1. The number of hydroxylamine groups is 1. The average Bonchev–Trinajstić information content (AvgIpc) is 3.53. The summed E-state index contributed by atoms with van der Waals surface area (Å²) in [6, 6.07) is 17.5. The lowest BCUT2D eigenvalue weighted by Gasteiger charge is -2.16. The molecule has 2 aromatic carbocycles. The van der Waals surface area contributed by atoms with E-state index in [2.05, 4.69) is 4.98 Å². The Labute approximate surface area is 186 Å². The summed E-state index contributed by atoms with van der Waals surface area (Å²) in [6.45, 7) is 4.35. The number of aromatic nitrogens is 1. The number of carbonyl (C=O) groups excluding carboxylic acids is 2. The summed E-state index contributed by atoms with van der Waals surface area (Å²) < 4.78 is 11.2. The van der Waals surface area contributed by atoms with E-state index in [1.165, 1.54) is 0 Å². The standard InChI is InChI=1S/C25H26N2O5/c1-3-31-24(29)25(14-21(25)23(28)27-30)13-17-8-10-19(11-9-17)32-15-18-12-16(2)26-22-7-5-4-6-20(18)22/h4-12,21,30H,3,13-15H2,1-2H3,(H,27,28)/t21-,25+/m0/s1. The monoisotopic (exact) mass is 434 g/mol. The third kappa shape index (κ3) is 4.29. The lowest BCUT2D eigenvalue weighted by atomic mass is 9.93. The lowest BCUT2D eigenvalue weighted by Crippen LogP contribution is -2.30. The number of rotatable bonds is 8. The molecule has 0 spiro atoms. The Bertz CT molecular complexity index is 1140. The number of para-hydroxylation sites is 1. The molecule has 1 aromatic heterocycles. The Kier molecular flexibility index (Phi) is 6.10. The van der Waals surface area contributed by atoms with Gasteiger partial charge in [0.15, 0.2) is 0 Å². The van der Waals surface area contributed by atoms with Gasteiger partial charge in [-0.3, -0.25) is 19.8 Å². The molecule has 0 radical (unpaired) electrons. The van der Waals surface area contributed by atoms with Gasteiger partial charge in [-0.25, -0.2) is 5.48 Å². The van der Waals surface area contributed by atoms with Crippen molar-refractivity contribution in [2.75, 3.05) is 6.61 Å². The molecule has 0 saturated heterocycles. The lowest BCUT2D eigenvalue weighted by molar-refractivity contribution is -0.152. The van der Waals surface area contributed by atoms with Crippen molar-refractivity contribution in [1.29, 1.82) is 0 Å². The number of esters is 1. The average molecular weight is 434 g/mol. The number of amides is 1. The van der Waals surface area contributed by atoms with Gasteiger partial charge in [-0.05, 0) is 56.5 Å². The van der Waals surface area contributed by atoms with Crippen LogP contribution in [0.3, 0.4) is 0 Å². The molecule has 2 N–H and O–H groups in total. The third-order valence-electron chi connectivity index (χ3n) is 5.95. The first kappa shape index (κ1) is 21.8. The molecule has 1 heterocycles. The van der Waals surface area contributed by atoms with Crippen LogP contribution >= 0.6 is 0 Å². The molecular weight excluding hydrogens is 408 g/mol. The topological polar surface area (TPSA) is 97.8 Å². The molecule has 0 bridgehead atoms. The van der Waals surface area contributed by atoms with Gasteiger partial charge in [0.1, 0.15) is 12.4 Å². The number of carbonyl (C=O) groups is 2. The van der Waals surface area contributed by atoms with E-state index in [4.69, 9.17) is 14.7 Å². The van der Waals surface area contributed by atoms with Crippen LogP contribution in [0.15, 0.2) is 54.6 Å². The number of ether oxygens (including phenoxy) is 2. The smallest absolute Gasteiger partial charge is 0.313 e. The highest BCUT2D eigenvalue weighted by Gasteiger charge is 2.64. The molecular formula is C25H26N2O5. The Morgan fingerprint density at radius 3 is 2.66 bits per heavy atom. The van der Waals surface area contributed by atoms with E-state index in [0.29, 0.717) is 25.2 Å². The van der Waals surface area contributed by atoms with Crippen molar-refractivity contribution in [3.05, 3.63) is 71.4 Å². The number of nitrogens with zero attached hydrogens (tertiary/aromatic N) is 1. The zero-order valence-electron chi connectivity index (χ0n) is 18.1. The Morgan fingerprint density at radius 2 is 1.94 bits per heavy atom. The van der Waals surface area contributed by atoms with Crippen molar-refractivity contribution in [2.45, 2.75) is 33.3 Å². The zero-order valence-corrected chi connectivity index (χ0v) is 18.1. The molecule has 0 unspecified atom stereocenters. The summed E-state index contributed by atoms with van der Waals surface area (Å²) in [6.07, 6.45) is 0.712. The molecule has 1 amide bonds. The number of aryl methyl sites for hydroxylation is 1. The van der Waals surface area contributed by atoms with Gasteiger partial charge in [-0.1, -0.05) is 30.3 Å². The maximum Gasteiger partial charge on any atom is 0.313 e. The van der Waals surface area contributed by atoms with Gasteiger partial charge < -0.3 is 9.47 Å². The van der Waals surface area contributed by atoms with E-state index in [1.54, 1.807) is 12.4 Å². The fourth-order valence-electron chi connectivity index (χ4n) is 4.24. The Hall–Kier alpha value is -3.45. The van der Waals surface area contributed by atoms with Crippen molar-refractivity contribution in [3.63, 3.8) is 0 Å². The summed E-state index contributed by atoms with van der Waals surface area (Å²) in [5.41, 5.74) is 4.56. The summed E-state index contributed by atoms with van der Waals surface area (Å²) in [5, 5.41) is 10.0. The van der Waals surface area contributed by atoms with E-state index in [-0.39, 0.29) is 6.61 Å². The maximum atomic E-state index is 12.5. The summed E-state index contributed by atoms with van der Waals surface area (Å²) >= 11 is 0. The molecule has 4 rings (SSSR count). The summed E-state index contributed by atoms with van der Waals surface area (Å²) in [7, 11) is 0. The second-order valence-electron chi connectivity index (χ2n) is 8.16. The van der Waals surface area contributed by atoms with Crippen molar-refractivity contribution in [3.8, 4) is 5.75 Å². The first-order chi connectivity index (χ1) is 15.5. The number of hydrogen-bond donors (Lipinski definition) is 2. The van der Waals surface area contributed by atoms with E-state index in [9.17, 15) is 9.59 Å². The van der Waals surface area contributed by atoms with Crippen LogP contribution in [0.25, 0.3) is 10.9 Å². The number of fused-ring (bicyclic) bond motifs is 1.